The summed E-state index contributed by atoms with van der Waals surface area (Å²) in [6, 6.07) is 7.07. The van der Waals surface area contributed by atoms with Gasteiger partial charge in [-0.25, -0.2) is 0 Å². The molecule has 116 valence electrons. The highest BCUT2D eigenvalue weighted by Crippen LogP contribution is 2.26. The topological polar surface area (TPSA) is 39.5 Å². The van der Waals surface area contributed by atoms with E-state index in [1.54, 1.807) is 0 Å². The van der Waals surface area contributed by atoms with Crippen LogP contribution in [0.4, 0.5) is 0 Å². The van der Waals surface area contributed by atoms with Crippen LogP contribution in [-0.4, -0.2) is 56.2 Å². The predicted molar refractivity (Wildman–Crippen MR) is 86.4 cm³/mol. The van der Waals surface area contributed by atoms with Crippen LogP contribution in [0, 0.1) is 11.3 Å². The first-order chi connectivity index (χ1) is 10.3. The molecule has 0 spiro atoms. The molecule has 0 radical (unpaired) electrons. The third-order valence-electron chi connectivity index (χ3n) is 3.92. The summed E-state index contributed by atoms with van der Waals surface area (Å²) in [6.45, 7) is 5.83. The van der Waals surface area contributed by atoms with E-state index in [1.807, 2.05) is 11.3 Å². The van der Waals surface area contributed by atoms with Crippen LogP contribution in [0.5, 0.6) is 0 Å². The van der Waals surface area contributed by atoms with Crippen LogP contribution in [-0.2, 0) is 4.74 Å². The van der Waals surface area contributed by atoms with Crippen molar-refractivity contribution in [3.8, 4) is 6.07 Å². The van der Waals surface area contributed by atoms with E-state index >= 15 is 0 Å². The van der Waals surface area contributed by atoms with Gasteiger partial charge in [0, 0.05) is 30.9 Å². The molecule has 0 aromatic carbocycles. The zero-order chi connectivity index (χ0) is 14.9. The van der Waals surface area contributed by atoms with Crippen LogP contribution in [0.1, 0.15) is 30.2 Å². The minimum Gasteiger partial charge on any atom is -0.379 e. The van der Waals surface area contributed by atoms with E-state index in [1.165, 1.54) is 4.88 Å². The molecule has 0 unspecified atom stereocenters. The average Bonchev–Trinajstić information content (AvgIpc) is 3.04. The van der Waals surface area contributed by atoms with Crippen molar-refractivity contribution >= 4 is 11.3 Å². The lowest BCUT2D eigenvalue weighted by Gasteiger charge is -2.36. The first-order valence-electron chi connectivity index (χ1n) is 7.72. The standard InChI is InChI=1S/C16H25N3OS/c1-18(8-4-2-3-7-17)14-15(16-6-5-13-21-16)19-9-11-20-12-10-19/h5-6,13,15H,2-4,8-12,14H2,1H3/t15-/m1/s1. The number of thiophene rings is 1. The van der Waals surface area contributed by atoms with Gasteiger partial charge in [-0.15, -0.1) is 11.3 Å². The molecule has 21 heavy (non-hydrogen) atoms. The number of ether oxygens (including phenoxy) is 1. The van der Waals surface area contributed by atoms with Crippen molar-refractivity contribution in [1.82, 2.24) is 9.80 Å². The van der Waals surface area contributed by atoms with E-state index in [-0.39, 0.29) is 0 Å². The van der Waals surface area contributed by atoms with E-state index in [4.69, 9.17) is 10.00 Å². The number of hydrogen-bond acceptors (Lipinski definition) is 5. The fraction of sp³-hybridized carbons (Fsp3) is 0.688. The molecule has 4 nitrogen and oxygen atoms in total. The molecule has 5 heteroatoms. The molecule has 1 atom stereocenters. The Bertz CT molecular complexity index is 423. The number of morpholine rings is 1. The number of rotatable bonds is 8. The van der Waals surface area contributed by atoms with Gasteiger partial charge < -0.3 is 9.64 Å². The summed E-state index contributed by atoms with van der Waals surface area (Å²) in [5.41, 5.74) is 0. The number of likely N-dealkylation sites (N-methyl/N-ethyl adjacent to an activating group) is 1. The van der Waals surface area contributed by atoms with Gasteiger partial charge in [-0.05, 0) is 37.9 Å². The van der Waals surface area contributed by atoms with E-state index in [0.717, 1.165) is 52.2 Å². The molecule has 1 aromatic heterocycles. The highest BCUT2D eigenvalue weighted by Gasteiger charge is 2.24. The van der Waals surface area contributed by atoms with Crippen molar-refractivity contribution in [2.45, 2.75) is 25.3 Å². The van der Waals surface area contributed by atoms with Gasteiger partial charge in [-0.3, -0.25) is 4.90 Å². The maximum absolute atomic E-state index is 8.59. The molecule has 2 heterocycles. The maximum Gasteiger partial charge on any atom is 0.0621 e. The largest absolute Gasteiger partial charge is 0.379 e. The van der Waals surface area contributed by atoms with Gasteiger partial charge in [-0.2, -0.15) is 5.26 Å². The Morgan fingerprint density at radius 1 is 1.43 bits per heavy atom. The van der Waals surface area contributed by atoms with E-state index in [2.05, 4.69) is 40.4 Å². The van der Waals surface area contributed by atoms with Gasteiger partial charge in [0.2, 0.25) is 0 Å². The zero-order valence-corrected chi connectivity index (χ0v) is 13.6. The quantitative estimate of drug-likeness (QED) is 0.692. The molecule has 1 saturated heterocycles. The summed E-state index contributed by atoms with van der Waals surface area (Å²) >= 11 is 1.85. The first-order valence-corrected chi connectivity index (χ1v) is 8.60. The van der Waals surface area contributed by atoms with E-state index in [0.29, 0.717) is 12.5 Å². The molecule has 0 saturated carbocycles. The number of hydrogen-bond donors (Lipinski definition) is 0. The van der Waals surface area contributed by atoms with Gasteiger partial charge in [0.15, 0.2) is 0 Å². The Labute approximate surface area is 131 Å². The molecular weight excluding hydrogens is 282 g/mol. The van der Waals surface area contributed by atoms with Crippen LogP contribution in [0.25, 0.3) is 0 Å². The van der Waals surface area contributed by atoms with Gasteiger partial charge in [0.05, 0.1) is 25.3 Å². The fourth-order valence-electron chi connectivity index (χ4n) is 2.73. The summed E-state index contributed by atoms with van der Waals surface area (Å²) in [5, 5.41) is 10.8. The molecule has 0 aliphatic carbocycles. The SMILES string of the molecule is CN(CCCCC#N)C[C@H](c1cccs1)N1CCOCC1. The smallest absolute Gasteiger partial charge is 0.0621 e. The number of nitriles is 1. The minimum atomic E-state index is 0.467. The first kappa shape index (κ1) is 16.4. The van der Waals surface area contributed by atoms with Crippen LogP contribution in [0.2, 0.25) is 0 Å². The maximum atomic E-state index is 8.59. The van der Waals surface area contributed by atoms with E-state index in [9.17, 15) is 0 Å². The molecule has 0 bridgehead atoms. The number of nitrogens with zero attached hydrogens (tertiary/aromatic N) is 3. The second-order valence-electron chi connectivity index (χ2n) is 5.56. The fourth-order valence-corrected chi connectivity index (χ4v) is 3.58. The predicted octanol–water partition coefficient (Wildman–Crippen LogP) is 2.75. The van der Waals surface area contributed by atoms with Crippen LogP contribution >= 0.6 is 11.3 Å². The minimum absolute atomic E-state index is 0.467. The summed E-state index contributed by atoms with van der Waals surface area (Å²) in [6.07, 6.45) is 2.78. The van der Waals surface area contributed by atoms with Crippen LogP contribution in [0.3, 0.4) is 0 Å². The lowest BCUT2D eigenvalue weighted by molar-refractivity contribution is 0.0101. The Morgan fingerprint density at radius 2 is 2.24 bits per heavy atom. The Morgan fingerprint density at radius 3 is 2.90 bits per heavy atom. The molecular formula is C16H25N3OS. The molecule has 2 rings (SSSR count). The second-order valence-corrected chi connectivity index (χ2v) is 6.54. The van der Waals surface area contributed by atoms with E-state index < -0.39 is 0 Å². The Kier molecular flexibility index (Phi) is 7.17. The van der Waals surface area contributed by atoms with Crippen molar-refractivity contribution in [2.24, 2.45) is 0 Å². The molecule has 0 amide bonds. The van der Waals surface area contributed by atoms with Crippen LogP contribution < -0.4 is 0 Å². The van der Waals surface area contributed by atoms with Crippen molar-refractivity contribution in [1.29, 1.82) is 5.26 Å². The number of unbranched alkanes of at least 4 members (excludes halogenated alkanes) is 2. The third-order valence-corrected chi connectivity index (χ3v) is 4.89. The normalized spacial score (nSPS) is 17.8. The Balaban J connectivity index is 1.88. The zero-order valence-electron chi connectivity index (χ0n) is 12.8. The molecule has 1 fully saturated rings. The van der Waals surface area contributed by atoms with Crippen molar-refractivity contribution in [3.05, 3.63) is 22.4 Å². The van der Waals surface area contributed by atoms with Crippen molar-refractivity contribution in [2.75, 3.05) is 46.4 Å². The molecule has 1 aliphatic rings. The third kappa shape index (κ3) is 5.40. The summed E-state index contributed by atoms with van der Waals surface area (Å²) in [4.78, 5) is 6.39. The second kappa shape index (κ2) is 9.16. The summed E-state index contributed by atoms with van der Waals surface area (Å²) < 4.78 is 5.48. The van der Waals surface area contributed by atoms with Gasteiger partial charge >= 0.3 is 0 Å². The van der Waals surface area contributed by atoms with Crippen LogP contribution in [0.15, 0.2) is 17.5 Å². The summed E-state index contributed by atoms with van der Waals surface area (Å²) in [5.74, 6) is 0. The average molecular weight is 307 g/mol. The highest BCUT2D eigenvalue weighted by atomic mass is 32.1. The lowest BCUT2D eigenvalue weighted by Crippen LogP contribution is -2.43. The molecule has 1 aliphatic heterocycles. The Hall–Kier alpha value is -0.930. The van der Waals surface area contributed by atoms with Crippen molar-refractivity contribution < 1.29 is 4.74 Å². The lowest BCUT2D eigenvalue weighted by atomic mass is 10.1. The molecule has 0 N–H and O–H groups in total. The van der Waals surface area contributed by atoms with Gasteiger partial charge in [0.25, 0.3) is 0 Å². The van der Waals surface area contributed by atoms with Gasteiger partial charge in [0.1, 0.15) is 0 Å². The highest BCUT2D eigenvalue weighted by molar-refractivity contribution is 7.10. The van der Waals surface area contributed by atoms with Crippen molar-refractivity contribution in [3.63, 3.8) is 0 Å². The van der Waals surface area contributed by atoms with Gasteiger partial charge in [-0.1, -0.05) is 6.07 Å². The monoisotopic (exact) mass is 307 g/mol. The summed E-state index contributed by atoms with van der Waals surface area (Å²) in [7, 11) is 2.19. The molecule has 1 aromatic rings.